The van der Waals surface area contributed by atoms with E-state index in [1.165, 1.54) is 24.3 Å². The molecule has 4 aliphatic rings. The lowest BCUT2D eigenvalue weighted by molar-refractivity contribution is 0.165. The Balaban J connectivity index is 1.25. The molecule has 46 heavy (non-hydrogen) atoms. The van der Waals surface area contributed by atoms with Crippen LogP contribution in [0.5, 0.6) is 11.8 Å². The number of phenols is 1. The van der Waals surface area contributed by atoms with Crippen LogP contribution < -0.4 is 15.0 Å². The summed E-state index contributed by atoms with van der Waals surface area (Å²) in [5, 5.41) is 14.7. The van der Waals surface area contributed by atoms with Crippen molar-refractivity contribution < 1.29 is 27.4 Å². The van der Waals surface area contributed by atoms with Crippen LogP contribution in [0.15, 0.2) is 30.3 Å². The molecule has 3 aromatic carbocycles. The molecule has 7 nitrogen and oxygen atoms in total. The van der Waals surface area contributed by atoms with Crippen LogP contribution in [0.2, 0.25) is 0 Å². The van der Waals surface area contributed by atoms with Crippen LogP contribution in [0.3, 0.4) is 0 Å². The molecule has 1 aromatic heterocycles. The highest BCUT2D eigenvalue weighted by Gasteiger charge is 2.46. The minimum atomic E-state index is -0.993. The van der Waals surface area contributed by atoms with Gasteiger partial charge in [0.15, 0.2) is 5.82 Å². The van der Waals surface area contributed by atoms with Crippen molar-refractivity contribution in [2.75, 3.05) is 44.2 Å². The largest absolute Gasteiger partial charge is 0.508 e. The number of halogens is 4. The van der Waals surface area contributed by atoms with Crippen molar-refractivity contribution >= 4 is 27.5 Å². The summed E-state index contributed by atoms with van der Waals surface area (Å²) in [5.74, 6) is -0.214. The summed E-state index contributed by atoms with van der Waals surface area (Å²) in [6.45, 7) is 3.33. The Morgan fingerprint density at radius 3 is 2.50 bits per heavy atom. The Bertz CT molecular complexity index is 1910. The minimum absolute atomic E-state index is 0.0305. The van der Waals surface area contributed by atoms with Crippen LogP contribution in [-0.2, 0) is 0 Å². The van der Waals surface area contributed by atoms with Gasteiger partial charge in [-0.05, 0) is 61.8 Å². The highest BCUT2D eigenvalue weighted by molar-refractivity contribution is 6.04. The maximum Gasteiger partial charge on any atom is 0.319 e. The van der Waals surface area contributed by atoms with Crippen LogP contribution in [0.4, 0.5) is 23.4 Å². The number of benzene rings is 3. The van der Waals surface area contributed by atoms with Gasteiger partial charge in [0.25, 0.3) is 0 Å². The zero-order chi connectivity index (χ0) is 31.7. The van der Waals surface area contributed by atoms with Crippen molar-refractivity contribution in [3.05, 3.63) is 53.3 Å². The van der Waals surface area contributed by atoms with Gasteiger partial charge in [-0.3, -0.25) is 4.90 Å². The molecule has 0 amide bonds. The molecule has 4 aromatic rings. The second-order valence-corrected chi connectivity index (χ2v) is 13.4. The van der Waals surface area contributed by atoms with Crippen molar-refractivity contribution in [2.24, 2.45) is 5.41 Å². The highest BCUT2D eigenvalue weighted by atomic mass is 19.1. The zero-order valence-electron chi connectivity index (χ0n) is 25.1. The lowest BCUT2D eigenvalue weighted by Crippen LogP contribution is -2.51. The Morgan fingerprint density at radius 1 is 1.02 bits per heavy atom. The third-order valence-electron chi connectivity index (χ3n) is 10.1. The lowest BCUT2D eigenvalue weighted by Gasteiger charge is -2.34. The molecule has 8 rings (SSSR count). The van der Waals surface area contributed by atoms with E-state index in [0.717, 1.165) is 31.7 Å². The quantitative estimate of drug-likeness (QED) is 0.200. The number of piperazine rings is 1. The van der Waals surface area contributed by atoms with Gasteiger partial charge in [0.1, 0.15) is 34.9 Å². The topological polar surface area (TPSA) is 73.8 Å². The van der Waals surface area contributed by atoms with E-state index >= 15 is 8.78 Å². The number of hydrogen-bond acceptors (Lipinski definition) is 7. The van der Waals surface area contributed by atoms with Gasteiger partial charge >= 0.3 is 6.01 Å². The number of alkyl halides is 1. The Morgan fingerprint density at radius 2 is 1.80 bits per heavy atom. The summed E-state index contributed by atoms with van der Waals surface area (Å²) in [6.07, 6.45) is 9.20. The Kier molecular flexibility index (Phi) is 6.99. The molecule has 4 fully saturated rings. The van der Waals surface area contributed by atoms with Gasteiger partial charge in [-0.25, -0.2) is 17.6 Å². The predicted octanol–water partition coefficient (Wildman–Crippen LogP) is 5.70. The number of aromatic hydroxyl groups is 1. The van der Waals surface area contributed by atoms with Gasteiger partial charge < -0.3 is 20.1 Å². The summed E-state index contributed by atoms with van der Waals surface area (Å²) in [6, 6.07) is 6.73. The molecular weight excluding hydrogens is 598 g/mol. The predicted molar refractivity (Wildman–Crippen MR) is 167 cm³/mol. The molecule has 0 spiro atoms. The number of likely N-dealkylation sites (tertiary alicyclic amines) is 1. The van der Waals surface area contributed by atoms with Gasteiger partial charge in [0, 0.05) is 66.6 Å². The smallest absolute Gasteiger partial charge is 0.319 e. The van der Waals surface area contributed by atoms with Gasteiger partial charge in [0.05, 0.1) is 17.7 Å². The summed E-state index contributed by atoms with van der Waals surface area (Å²) < 4.78 is 67.9. The number of fused-ring (bicyclic) bond motifs is 4. The number of hydrogen-bond donors (Lipinski definition) is 2. The van der Waals surface area contributed by atoms with E-state index in [0.29, 0.717) is 50.3 Å². The third kappa shape index (κ3) is 5.08. The van der Waals surface area contributed by atoms with Crippen LogP contribution in [0, 0.1) is 35.2 Å². The first kappa shape index (κ1) is 29.3. The fraction of sp³-hybridized carbons (Fsp3) is 0.429. The maximum atomic E-state index is 16.8. The number of ether oxygens (including phenoxy) is 1. The molecule has 11 heteroatoms. The average Bonchev–Trinajstić information content (AvgIpc) is 3.55. The highest BCUT2D eigenvalue weighted by Crippen LogP contribution is 2.47. The molecule has 238 valence electrons. The van der Waals surface area contributed by atoms with E-state index in [2.05, 4.69) is 21.1 Å². The average molecular weight is 632 g/mol. The number of phenolic OH excluding ortho intramolecular Hbond substituents is 1. The molecule has 1 saturated carbocycles. The van der Waals surface area contributed by atoms with E-state index < -0.39 is 29.2 Å². The molecule has 3 atom stereocenters. The summed E-state index contributed by atoms with van der Waals surface area (Å²) >= 11 is 0. The van der Waals surface area contributed by atoms with Gasteiger partial charge in [-0.1, -0.05) is 12.0 Å². The number of nitrogens with zero attached hydrogens (tertiary/aromatic N) is 4. The third-order valence-corrected chi connectivity index (χ3v) is 10.1. The van der Waals surface area contributed by atoms with E-state index in [9.17, 15) is 13.9 Å². The Labute approximate surface area is 263 Å². The summed E-state index contributed by atoms with van der Waals surface area (Å²) in [5.41, 5.74) is -1.04. The normalized spacial score (nSPS) is 23.7. The van der Waals surface area contributed by atoms with Crippen LogP contribution in [0.1, 0.15) is 37.7 Å². The summed E-state index contributed by atoms with van der Waals surface area (Å²) in [4.78, 5) is 13.4. The van der Waals surface area contributed by atoms with Crippen LogP contribution in [0.25, 0.3) is 32.8 Å². The number of nitrogens with one attached hydrogen (secondary N) is 1. The first-order valence-corrected chi connectivity index (χ1v) is 15.8. The fourth-order valence-corrected chi connectivity index (χ4v) is 7.59. The number of aromatic nitrogens is 2. The van der Waals surface area contributed by atoms with Crippen molar-refractivity contribution in [1.82, 2.24) is 20.2 Å². The fourth-order valence-electron chi connectivity index (χ4n) is 7.59. The van der Waals surface area contributed by atoms with Gasteiger partial charge in [0.2, 0.25) is 0 Å². The zero-order valence-corrected chi connectivity index (χ0v) is 25.1. The second-order valence-electron chi connectivity index (χ2n) is 13.4. The van der Waals surface area contributed by atoms with Crippen LogP contribution >= 0.6 is 0 Å². The lowest BCUT2D eigenvalue weighted by atomic mass is 9.92. The van der Waals surface area contributed by atoms with Crippen molar-refractivity contribution in [3.8, 4) is 35.2 Å². The number of anilines is 1. The van der Waals surface area contributed by atoms with E-state index in [4.69, 9.17) is 16.1 Å². The molecule has 2 unspecified atom stereocenters. The first-order valence-electron chi connectivity index (χ1n) is 15.8. The monoisotopic (exact) mass is 631 g/mol. The van der Waals surface area contributed by atoms with Gasteiger partial charge in [-0.15, -0.1) is 6.42 Å². The van der Waals surface area contributed by atoms with Crippen molar-refractivity contribution in [2.45, 2.75) is 50.4 Å². The first-order chi connectivity index (χ1) is 22.2. The number of terminal acetylenes is 1. The van der Waals surface area contributed by atoms with Crippen LogP contribution in [-0.4, -0.2) is 77.6 Å². The molecule has 4 heterocycles. The molecule has 3 aliphatic heterocycles. The minimum Gasteiger partial charge on any atom is -0.508 e. The molecule has 2 bridgehead atoms. The molecule has 0 radical (unpaired) electrons. The maximum absolute atomic E-state index is 16.8. The summed E-state index contributed by atoms with van der Waals surface area (Å²) in [7, 11) is 0. The molecular formula is C35H33F4N5O2. The van der Waals surface area contributed by atoms with E-state index in [1.807, 2.05) is 4.90 Å². The number of rotatable bonds is 7. The Hall–Kier alpha value is -4.14. The van der Waals surface area contributed by atoms with Gasteiger partial charge in [-0.2, -0.15) is 9.97 Å². The standard InChI is InChI=1S/C35H33F4N5O2/c1-2-24-27(37)6-3-19-11-23(45)12-25(29(19)24)30-28(38)13-26-32(31(30)39)41-34(42-33(26)44-15-21-4-5-22(16-44)40-21)46-18-35(8-9-35)17-43-10-7-20(36)14-43/h1,3,6,11-13,20-22,40,45H,4-5,7-10,14-18H2/t20-,21?,22?/m0/s1. The SMILES string of the molecule is C#Cc1c(F)ccc2cc(O)cc(-c3c(F)cc4c(N5CC6CCC(C5)N6)nc(OCC5(CN6CC[C@H](F)C6)CC5)nc4c3F)c12. The van der Waals surface area contributed by atoms with Crippen molar-refractivity contribution in [3.63, 3.8) is 0 Å². The second kappa shape index (κ2) is 11.0. The molecule has 1 aliphatic carbocycles. The van der Waals surface area contributed by atoms with E-state index in [1.54, 1.807) is 0 Å². The van der Waals surface area contributed by atoms with E-state index in [-0.39, 0.29) is 63.3 Å². The molecule has 3 saturated heterocycles. The molecule has 2 N–H and O–H groups in total. The van der Waals surface area contributed by atoms with Crippen molar-refractivity contribution in [1.29, 1.82) is 0 Å².